The number of nitrogens with zero attached hydrogens (tertiary/aromatic N) is 4. The van der Waals surface area contributed by atoms with Crippen molar-refractivity contribution in [2.24, 2.45) is 5.11 Å². The Bertz CT molecular complexity index is 197. The maximum Gasteiger partial charge on any atom is 0.117 e. The van der Waals surface area contributed by atoms with Crippen LogP contribution in [0, 0.1) is 0 Å². The van der Waals surface area contributed by atoms with E-state index in [2.05, 4.69) is 10.0 Å². The largest absolute Gasteiger partial charge is 0.141 e. The summed E-state index contributed by atoms with van der Waals surface area (Å²) < 4.78 is 0. The Morgan fingerprint density at radius 2 is 2.36 bits per heavy atom. The maximum absolute atomic E-state index is 11.3. The molecule has 0 aromatic heterocycles. The van der Waals surface area contributed by atoms with Crippen LogP contribution in [0.1, 0.15) is 26.7 Å². The Kier molecular flexibility index (Phi) is 2.04. The van der Waals surface area contributed by atoms with Gasteiger partial charge in [0, 0.05) is 10.5 Å². The van der Waals surface area contributed by atoms with Gasteiger partial charge in [-0.25, -0.2) is 0 Å². The standard InChI is InChI=1S/C6H11N4O/c1-6(2)4-3-5(8-9-7)10(6)11/h5H,3-4H2,1-2H3. The summed E-state index contributed by atoms with van der Waals surface area (Å²) in [5, 5.41) is 15.5. The lowest BCUT2D eigenvalue weighted by molar-refractivity contribution is -0.218. The lowest BCUT2D eigenvalue weighted by Crippen LogP contribution is -2.37. The second-order valence-corrected chi connectivity index (χ2v) is 3.36. The molecule has 0 amide bonds. The van der Waals surface area contributed by atoms with Crippen molar-refractivity contribution < 1.29 is 5.21 Å². The van der Waals surface area contributed by atoms with Gasteiger partial charge in [0.25, 0.3) is 0 Å². The molecule has 1 rings (SSSR count). The summed E-state index contributed by atoms with van der Waals surface area (Å²) in [5.41, 5.74) is 7.75. The van der Waals surface area contributed by atoms with Crippen LogP contribution in [0.25, 0.3) is 10.4 Å². The van der Waals surface area contributed by atoms with Gasteiger partial charge in [0.15, 0.2) is 0 Å². The van der Waals surface area contributed by atoms with Crippen molar-refractivity contribution >= 4 is 0 Å². The monoisotopic (exact) mass is 155 g/mol. The highest BCUT2D eigenvalue weighted by atomic mass is 16.5. The minimum atomic E-state index is -0.491. The number of hydrogen-bond acceptors (Lipinski definition) is 2. The zero-order valence-corrected chi connectivity index (χ0v) is 6.69. The molecule has 61 valence electrons. The first-order chi connectivity index (χ1) is 5.08. The molecule has 1 saturated heterocycles. The van der Waals surface area contributed by atoms with Crippen LogP contribution in [0.3, 0.4) is 0 Å². The predicted octanol–water partition coefficient (Wildman–Crippen LogP) is 1.84. The SMILES string of the molecule is CC1(C)CCC(N=[N+]=[N-])N1[O]. The van der Waals surface area contributed by atoms with Crippen LogP contribution in [-0.4, -0.2) is 16.8 Å². The molecular weight excluding hydrogens is 144 g/mol. The van der Waals surface area contributed by atoms with E-state index in [1.165, 1.54) is 0 Å². The summed E-state index contributed by atoms with van der Waals surface area (Å²) in [6.07, 6.45) is 0.968. The molecule has 0 aromatic rings. The zero-order valence-electron chi connectivity index (χ0n) is 6.69. The van der Waals surface area contributed by atoms with Crippen molar-refractivity contribution in [1.82, 2.24) is 5.06 Å². The van der Waals surface area contributed by atoms with Crippen molar-refractivity contribution in [3.8, 4) is 0 Å². The molecule has 1 radical (unpaired) electrons. The van der Waals surface area contributed by atoms with Gasteiger partial charge in [0.2, 0.25) is 0 Å². The molecule has 0 aliphatic carbocycles. The van der Waals surface area contributed by atoms with Gasteiger partial charge in [-0.2, -0.15) is 0 Å². The highest BCUT2D eigenvalue weighted by Crippen LogP contribution is 2.32. The number of hydrogen-bond donors (Lipinski definition) is 0. The van der Waals surface area contributed by atoms with Crippen LogP contribution in [0.4, 0.5) is 0 Å². The van der Waals surface area contributed by atoms with Crippen molar-refractivity contribution in [1.29, 1.82) is 0 Å². The van der Waals surface area contributed by atoms with Gasteiger partial charge >= 0.3 is 0 Å². The molecule has 5 heteroatoms. The molecular formula is C6H11N4O. The minimum absolute atomic E-state index is 0.362. The summed E-state index contributed by atoms with van der Waals surface area (Å²) in [4.78, 5) is 2.62. The first kappa shape index (κ1) is 8.33. The summed E-state index contributed by atoms with van der Waals surface area (Å²) in [7, 11) is 0. The Hall–Kier alpha value is -0.770. The Morgan fingerprint density at radius 3 is 2.73 bits per heavy atom. The molecule has 5 nitrogen and oxygen atoms in total. The highest BCUT2D eigenvalue weighted by molar-refractivity contribution is 4.88. The topological polar surface area (TPSA) is 71.9 Å². The van der Waals surface area contributed by atoms with Gasteiger partial charge in [0.1, 0.15) is 6.17 Å². The summed E-state index contributed by atoms with van der Waals surface area (Å²) in [6, 6.07) is 0. The molecule has 0 N–H and O–H groups in total. The Morgan fingerprint density at radius 1 is 1.73 bits per heavy atom. The molecule has 0 saturated carbocycles. The van der Waals surface area contributed by atoms with Gasteiger partial charge in [-0.05, 0) is 32.2 Å². The third kappa shape index (κ3) is 1.45. The second-order valence-electron chi connectivity index (χ2n) is 3.36. The van der Waals surface area contributed by atoms with E-state index < -0.39 is 6.17 Å². The van der Waals surface area contributed by atoms with Crippen molar-refractivity contribution in [2.75, 3.05) is 0 Å². The average molecular weight is 155 g/mol. The molecule has 0 aromatic carbocycles. The van der Waals surface area contributed by atoms with Crippen LogP contribution < -0.4 is 0 Å². The molecule has 1 fully saturated rings. The van der Waals surface area contributed by atoms with Crippen molar-refractivity contribution in [2.45, 2.75) is 38.4 Å². The van der Waals surface area contributed by atoms with Crippen LogP contribution in [0.15, 0.2) is 5.11 Å². The van der Waals surface area contributed by atoms with Gasteiger partial charge in [-0.3, -0.25) is 0 Å². The number of azide groups is 1. The fourth-order valence-electron chi connectivity index (χ4n) is 1.28. The van der Waals surface area contributed by atoms with Gasteiger partial charge in [-0.1, -0.05) is 5.11 Å². The maximum atomic E-state index is 11.3. The summed E-state index contributed by atoms with van der Waals surface area (Å²) in [5.74, 6) is 0. The van der Waals surface area contributed by atoms with Crippen LogP contribution in [0.5, 0.6) is 0 Å². The molecule has 1 aliphatic heterocycles. The highest BCUT2D eigenvalue weighted by Gasteiger charge is 2.39. The van der Waals surface area contributed by atoms with Gasteiger partial charge in [0.05, 0.1) is 0 Å². The predicted molar refractivity (Wildman–Crippen MR) is 38.8 cm³/mol. The third-order valence-electron chi connectivity index (χ3n) is 2.07. The first-order valence-corrected chi connectivity index (χ1v) is 3.58. The smallest absolute Gasteiger partial charge is 0.117 e. The van der Waals surface area contributed by atoms with E-state index in [-0.39, 0.29) is 5.54 Å². The number of hydroxylamine groups is 2. The summed E-state index contributed by atoms with van der Waals surface area (Å²) >= 11 is 0. The Labute approximate surface area is 65.2 Å². The van der Waals surface area contributed by atoms with E-state index in [9.17, 15) is 5.21 Å². The Balaban J connectivity index is 2.70. The molecule has 1 unspecified atom stereocenters. The summed E-state index contributed by atoms with van der Waals surface area (Å²) in [6.45, 7) is 3.71. The van der Waals surface area contributed by atoms with Crippen molar-refractivity contribution in [3.05, 3.63) is 10.4 Å². The van der Waals surface area contributed by atoms with Crippen LogP contribution >= 0.6 is 0 Å². The second kappa shape index (κ2) is 2.70. The molecule has 1 heterocycles. The number of rotatable bonds is 1. The normalized spacial score (nSPS) is 29.9. The van der Waals surface area contributed by atoms with Gasteiger partial charge < -0.3 is 0 Å². The lowest BCUT2D eigenvalue weighted by atomic mass is 10.0. The van der Waals surface area contributed by atoms with Crippen LogP contribution in [0.2, 0.25) is 0 Å². The zero-order chi connectivity index (χ0) is 8.48. The molecule has 0 bridgehead atoms. The molecule has 1 atom stereocenters. The van der Waals surface area contributed by atoms with E-state index in [0.29, 0.717) is 6.42 Å². The van der Waals surface area contributed by atoms with E-state index in [1.807, 2.05) is 13.8 Å². The fourth-order valence-corrected chi connectivity index (χ4v) is 1.28. The van der Waals surface area contributed by atoms with Crippen molar-refractivity contribution in [3.63, 3.8) is 0 Å². The fraction of sp³-hybridized carbons (Fsp3) is 1.00. The minimum Gasteiger partial charge on any atom is -0.141 e. The van der Waals surface area contributed by atoms with E-state index in [4.69, 9.17) is 5.53 Å². The van der Waals surface area contributed by atoms with E-state index in [1.54, 1.807) is 0 Å². The lowest BCUT2D eigenvalue weighted by Gasteiger charge is -2.24. The quantitative estimate of drug-likeness (QED) is 0.323. The molecule has 11 heavy (non-hydrogen) atoms. The first-order valence-electron chi connectivity index (χ1n) is 3.58. The molecule has 0 spiro atoms. The van der Waals surface area contributed by atoms with E-state index >= 15 is 0 Å². The van der Waals surface area contributed by atoms with Gasteiger partial charge in [-0.15, -0.1) is 10.3 Å². The molecule has 1 aliphatic rings. The third-order valence-corrected chi connectivity index (χ3v) is 2.07. The van der Waals surface area contributed by atoms with Crippen LogP contribution in [-0.2, 0) is 5.21 Å². The van der Waals surface area contributed by atoms with E-state index in [0.717, 1.165) is 11.5 Å². The average Bonchev–Trinajstić information content (AvgIpc) is 2.17.